The maximum absolute atomic E-state index is 12.3. The van der Waals surface area contributed by atoms with Gasteiger partial charge in [-0.3, -0.25) is 9.78 Å². The van der Waals surface area contributed by atoms with E-state index < -0.39 is 10.0 Å². The molecule has 7 heteroatoms. The standard InChI is InChI=1S/C15H15N3O3S/c19-15-6-3-12-8-13(4-5-14(12)18-15)22(20,21)17-10-11-2-1-7-16-9-11/h1-2,4-5,7-9,17H,3,6,10H2,(H,18,19). The van der Waals surface area contributed by atoms with Crippen molar-refractivity contribution < 1.29 is 13.2 Å². The molecule has 2 N–H and O–H groups in total. The summed E-state index contributed by atoms with van der Waals surface area (Å²) in [6.07, 6.45) is 4.17. The van der Waals surface area contributed by atoms with Crippen LogP contribution in [0.3, 0.4) is 0 Å². The first-order valence-corrected chi connectivity index (χ1v) is 8.34. The Hall–Kier alpha value is -2.25. The molecule has 0 fully saturated rings. The average molecular weight is 317 g/mol. The van der Waals surface area contributed by atoms with Gasteiger partial charge in [0.1, 0.15) is 0 Å². The van der Waals surface area contributed by atoms with Gasteiger partial charge < -0.3 is 5.32 Å². The maximum Gasteiger partial charge on any atom is 0.240 e. The lowest BCUT2D eigenvalue weighted by Gasteiger charge is -2.17. The summed E-state index contributed by atoms with van der Waals surface area (Å²) in [6, 6.07) is 8.30. The van der Waals surface area contributed by atoms with Gasteiger partial charge in [-0.05, 0) is 41.8 Å². The number of rotatable bonds is 4. The molecule has 114 valence electrons. The molecule has 3 rings (SSSR count). The summed E-state index contributed by atoms with van der Waals surface area (Å²) in [4.78, 5) is 15.5. The second-order valence-corrected chi connectivity index (χ2v) is 6.82. The Bertz CT molecular complexity index is 804. The number of fused-ring (bicyclic) bond motifs is 1. The molecule has 1 amide bonds. The van der Waals surface area contributed by atoms with Crippen LogP contribution in [0.15, 0.2) is 47.6 Å². The van der Waals surface area contributed by atoms with Crippen LogP contribution in [0.4, 0.5) is 5.69 Å². The van der Waals surface area contributed by atoms with Gasteiger partial charge in [0.15, 0.2) is 0 Å². The molecular weight excluding hydrogens is 302 g/mol. The van der Waals surface area contributed by atoms with Crippen molar-refractivity contribution in [3.05, 3.63) is 53.9 Å². The Morgan fingerprint density at radius 3 is 2.86 bits per heavy atom. The monoisotopic (exact) mass is 317 g/mol. The van der Waals surface area contributed by atoms with E-state index in [9.17, 15) is 13.2 Å². The highest BCUT2D eigenvalue weighted by Crippen LogP contribution is 2.25. The number of aryl methyl sites for hydroxylation is 1. The molecule has 22 heavy (non-hydrogen) atoms. The van der Waals surface area contributed by atoms with Crippen LogP contribution in [0.25, 0.3) is 0 Å². The minimum absolute atomic E-state index is 0.0437. The fourth-order valence-electron chi connectivity index (χ4n) is 2.29. The Morgan fingerprint density at radius 1 is 1.23 bits per heavy atom. The smallest absolute Gasteiger partial charge is 0.240 e. The van der Waals surface area contributed by atoms with Crippen molar-refractivity contribution in [1.82, 2.24) is 9.71 Å². The molecule has 2 heterocycles. The van der Waals surface area contributed by atoms with E-state index in [4.69, 9.17) is 0 Å². The molecule has 1 aliphatic heterocycles. The number of sulfonamides is 1. The van der Waals surface area contributed by atoms with E-state index in [-0.39, 0.29) is 17.3 Å². The highest BCUT2D eigenvalue weighted by atomic mass is 32.2. The van der Waals surface area contributed by atoms with Gasteiger partial charge in [0.2, 0.25) is 15.9 Å². The zero-order valence-corrected chi connectivity index (χ0v) is 12.6. The maximum atomic E-state index is 12.3. The molecule has 0 spiro atoms. The molecule has 0 bridgehead atoms. The molecule has 0 saturated heterocycles. The van der Waals surface area contributed by atoms with Gasteiger partial charge in [-0.1, -0.05) is 6.07 Å². The van der Waals surface area contributed by atoms with Crippen molar-refractivity contribution >= 4 is 21.6 Å². The van der Waals surface area contributed by atoms with Crippen LogP contribution in [-0.2, 0) is 27.8 Å². The third kappa shape index (κ3) is 3.15. The number of hydrogen-bond donors (Lipinski definition) is 2. The Morgan fingerprint density at radius 2 is 2.09 bits per heavy atom. The fraction of sp³-hybridized carbons (Fsp3) is 0.200. The molecule has 2 aromatic rings. The quantitative estimate of drug-likeness (QED) is 0.893. The van der Waals surface area contributed by atoms with Crippen molar-refractivity contribution in [2.45, 2.75) is 24.3 Å². The van der Waals surface area contributed by atoms with Gasteiger partial charge in [0.25, 0.3) is 0 Å². The zero-order chi connectivity index (χ0) is 15.6. The Balaban J connectivity index is 1.79. The van der Waals surface area contributed by atoms with E-state index in [1.54, 1.807) is 36.7 Å². The lowest BCUT2D eigenvalue weighted by molar-refractivity contribution is -0.116. The van der Waals surface area contributed by atoms with Crippen LogP contribution in [0.2, 0.25) is 0 Å². The number of anilines is 1. The third-order valence-corrected chi connectivity index (χ3v) is 4.87. The molecule has 0 atom stereocenters. The summed E-state index contributed by atoms with van der Waals surface area (Å²) in [6.45, 7) is 0.185. The normalized spacial score (nSPS) is 14.3. The summed E-state index contributed by atoms with van der Waals surface area (Å²) >= 11 is 0. The van der Waals surface area contributed by atoms with Crippen LogP contribution in [0, 0.1) is 0 Å². The lowest BCUT2D eigenvalue weighted by Crippen LogP contribution is -2.24. The summed E-state index contributed by atoms with van der Waals surface area (Å²) in [7, 11) is -3.60. The fourth-order valence-corrected chi connectivity index (χ4v) is 3.36. The molecule has 1 aliphatic rings. The summed E-state index contributed by atoms with van der Waals surface area (Å²) in [5.74, 6) is -0.0437. The number of carbonyl (C=O) groups is 1. The first-order valence-electron chi connectivity index (χ1n) is 6.86. The number of hydrogen-bond acceptors (Lipinski definition) is 4. The SMILES string of the molecule is O=C1CCc2cc(S(=O)(=O)NCc3cccnc3)ccc2N1. The number of aromatic nitrogens is 1. The Kier molecular flexibility index (Phi) is 3.91. The lowest BCUT2D eigenvalue weighted by atomic mass is 10.0. The molecule has 0 saturated carbocycles. The van der Waals surface area contributed by atoms with Crippen LogP contribution >= 0.6 is 0 Å². The molecule has 0 aliphatic carbocycles. The average Bonchev–Trinajstić information content (AvgIpc) is 2.53. The van der Waals surface area contributed by atoms with Gasteiger partial charge in [-0.2, -0.15) is 0 Å². The molecular formula is C15H15N3O3S. The van der Waals surface area contributed by atoms with Crippen molar-refractivity contribution in [1.29, 1.82) is 0 Å². The molecule has 1 aromatic heterocycles. The number of nitrogens with one attached hydrogen (secondary N) is 2. The zero-order valence-electron chi connectivity index (χ0n) is 11.7. The van der Waals surface area contributed by atoms with E-state index in [0.29, 0.717) is 18.5 Å². The van der Waals surface area contributed by atoms with Crippen LogP contribution in [0.5, 0.6) is 0 Å². The van der Waals surface area contributed by atoms with E-state index in [1.165, 1.54) is 6.07 Å². The highest BCUT2D eigenvalue weighted by molar-refractivity contribution is 7.89. The number of amides is 1. The number of carbonyl (C=O) groups excluding carboxylic acids is 1. The van der Waals surface area contributed by atoms with Crippen molar-refractivity contribution in [3.8, 4) is 0 Å². The van der Waals surface area contributed by atoms with Gasteiger partial charge in [-0.15, -0.1) is 0 Å². The first kappa shape index (κ1) is 14.7. The second-order valence-electron chi connectivity index (χ2n) is 5.05. The Labute approximate surface area is 128 Å². The largest absolute Gasteiger partial charge is 0.326 e. The predicted octanol–water partition coefficient (Wildman–Crippen LogP) is 1.44. The van der Waals surface area contributed by atoms with Crippen LogP contribution < -0.4 is 10.0 Å². The van der Waals surface area contributed by atoms with Crippen molar-refractivity contribution in [3.63, 3.8) is 0 Å². The second kappa shape index (κ2) is 5.86. The summed E-state index contributed by atoms with van der Waals surface area (Å²) in [5, 5.41) is 2.73. The third-order valence-electron chi connectivity index (χ3n) is 3.47. The topological polar surface area (TPSA) is 88.2 Å². The van der Waals surface area contributed by atoms with Crippen LogP contribution in [0.1, 0.15) is 17.5 Å². The molecule has 1 aromatic carbocycles. The highest BCUT2D eigenvalue weighted by Gasteiger charge is 2.19. The summed E-state index contributed by atoms with van der Waals surface area (Å²) < 4.78 is 27.2. The van der Waals surface area contributed by atoms with Crippen molar-refractivity contribution in [2.24, 2.45) is 0 Å². The molecule has 6 nitrogen and oxygen atoms in total. The summed E-state index contributed by atoms with van der Waals surface area (Å²) in [5.41, 5.74) is 2.31. The molecule has 0 unspecified atom stereocenters. The van der Waals surface area contributed by atoms with Gasteiger partial charge in [0, 0.05) is 31.0 Å². The van der Waals surface area contributed by atoms with Crippen LogP contribution in [-0.4, -0.2) is 19.3 Å². The van der Waals surface area contributed by atoms with E-state index in [0.717, 1.165) is 11.1 Å². The van der Waals surface area contributed by atoms with E-state index in [1.807, 2.05) is 0 Å². The predicted molar refractivity (Wildman–Crippen MR) is 81.7 cm³/mol. The van der Waals surface area contributed by atoms with E-state index in [2.05, 4.69) is 15.0 Å². The van der Waals surface area contributed by atoms with E-state index >= 15 is 0 Å². The molecule has 0 radical (unpaired) electrons. The first-order chi connectivity index (χ1) is 10.5. The number of pyridine rings is 1. The van der Waals surface area contributed by atoms with Crippen molar-refractivity contribution in [2.75, 3.05) is 5.32 Å². The van der Waals surface area contributed by atoms with Gasteiger partial charge in [0.05, 0.1) is 4.90 Å². The number of benzene rings is 1. The van der Waals surface area contributed by atoms with Gasteiger partial charge in [-0.25, -0.2) is 13.1 Å². The van der Waals surface area contributed by atoms with Gasteiger partial charge >= 0.3 is 0 Å². The number of nitrogens with zero attached hydrogens (tertiary/aromatic N) is 1. The minimum Gasteiger partial charge on any atom is -0.326 e. The minimum atomic E-state index is -3.60.